The Hall–Kier alpha value is -2.35. The highest BCUT2D eigenvalue weighted by Gasteiger charge is 2.27. The van der Waals surface area contributed by atoms with Crippen LogP contribution in [-0.4, -0.2) is 83.5 Å². The molecule has 0 saturated heterocycles. The van der Waals surface area contributed by atoms with E-state index in [4.69, 9.17) is 10.2 Å². The van der Waals surface area contributed by atoms with Gasteiger partial charge >= 0.3 is 11.9 Å². The molecule has 0 fully saturated rings. The topological polar surface area (TPSA) is 74.6 Å². The number of hydrogen-bond acceptors (Lipinski definition) is 3. The van der Waals surface area contributed by atoms with Crippen LogP contribution in [0, 0.1) is 0 Å². The van der Waals surface area contributed by atoms with Gasteiger partial charge in [0.15, 0.2) is 0 Å². The molecule has 2 aromatic rings. The molecule has 6 nitrogen and oxygen atoms in total. The van der Waals surface area contributed by atoms with Gasteiger partial charge in [0.1, 0.15) is 0 Å². The minimum atomic E-state index is -1.03. The normalized spacial score (nSPS) is 11.5. The van der Waals surface area contributed by atoms with Crippen LogP contribution < -0.4 is 0 Å². The Morgan fingerprint density at radius 1 is 0.319 bits per heavy atom. The second-order valence-corrected chi connectivity index (χ2v) is 21.7. The van der Waals surface area contributed by atoms with Crippen LogP contribution in [0.2, 0.25) is 0 Å². The maximum absolute atomic E-state index is 11.1. The molecule has 0 aliphatic heterocycles. The number of rotatable bonds is 44. The Morgan fingerprint density at radius 3 is 0.681 bits per heavy atom. The Labute approximate surface area is 433 Å². The molecule has 0 aliphatic carbocycles. The van der Waals surface area contributed by atoms with Crippen LogP contribution in [0.25, 0.3) is 0 Å². The number of carboxylic acid groups (broad SMARTS) is 2. The van der Waals surface area contributed by atoms with E-state index in [1.165, 1.54) is 279 Å². The lowest BCUT2D eigenvalue weighted by Gasteiger charge is -2.39. The molecule has 2 rings (SSSR count). The van der Waals surface area contributed by atoms with E-state index in [1.54, 1.807) is 36.4 Å². The third-order valence-electron chi connectivity index (χ3n) is 14.3. The Bertz CT molecular complexity index is 1250. The van der Waals surface area contributed by atoms with Crippen molar-refractivity contribution in [2.45, 2.75) is 271 Å². The molecule has 2 N–H and O–H groups in total. The van der Waals surface area contributed by atoms with E-state index in [1.807, 2.05) is 0 Å². The van der Waals surface area contributed by atoms with Gasteiger partial charge in [-0.3, -0.25) is 0 Å². The standard InChI is InChI=1S/2C24H52N.C14H10O4S/c2*1-5-9-13-17-21-25(22-18-14-10-6-2,23-19-15-11-7-3)24-20-16-12-8-4;15-13(16)9-5-1-3-7-11(9)19-12-8-4-2-6-10(12)14(17)18/h2*5-24H2,1-4H3;1-8H,(H,15,16)(H,17,18)/q2*+1;. The van der Waals surface area contributed by atoms with E-state index in [0.29, 0.717) is 9.79 Å². The lowest BCUT2D eigenvalue weighted by molar-refractivity contribution is -0.929. The van der Waals surface area contributed by atoms with Crippen LogP contribution in [0.15, 0.2) is 58.3 Å². The van der Waals surface area contributed by atoms with Crippen LogP contribution >= 0.6 is 11.8 Å². The van der Waals surface area contributed by atoms with E-state index in [9.17, 15) is 9.59 Å². The lowest BCUT2D eigenvalue weighted by atomic mass is 10.1. The molecule has 69 heavy (non-hydrogen) atoms. The van der Waals surface area contributed by atoms with Gasteiger partial charge in [0.25, 0.3) is 0 Å². The smallest absolute Gasteiger partial charge is 0.336 e. The highest BCUT2D eigenvalue weighted by atomic mass is 32.2. The Morgan fingerprint density at radius 2 is 0.507 bits per heavy atom. The molecular weight excluding hydrogens is 869 g/mol. The second kappa shape index (κ2) is 46.7. The first kappa shape index (κ1) is 66.7. The van der Waals surface area contributed by atoms with Gasteiger partial charge < -0.3 is 19.2 Å². The molecule has 0 atom stereocenters. The van der Waals surface area contributed by atoms with Crippen LogP contribution in [0.5, 0.6) is 0 Å². The van der Waals surface area contributed by atoms with Crippen molar-refractivity contribution in [3.05, 3.63) is 59.7 Å². The van der Waals surface area contributed by atoms with Gasteiger partial charge in [0.05, 0.1) is 63.5 Å². The zero-order valence-electron chi connectivity index (χ0n) is 46.9. The van der Waals surface area contributed by atoms with Gasteiger partial charge in [-0.2, -0.15) is 0 Å². The number of quaternary nitrogens is 2. The zero-order valence-corrected chi connectivity index (χ0v) is 47.7. The van der Waals surface area contributed by atoms with E-state index in [2.05, 4.69) is 55.4 Å². The molecule has 7 heteroatoms. The van der Waals surface area contributed by atoms with Crippen LogP contribution in [0.4, 0.5) is 0 Å². The van der Waals surface area contributed by atoms with Gasteiger partial charge in [0.2, 0.25) is 0 Å². The highest BCUT2D eigenvalue weighted by molar-refractivity contribution is 7.99. The van der Waals surface area contributed by atoms with E-state index >= 15 is 0 Å². The molecule has 0 heterocycles. The predicted molar refractivity (Wildman–Crippen MR) is 304 cm³/mol. The van der Waals surface area contributed by atoms with Crippen molar-refractivity contribution in [3.63, 3.8) is 0 Å². The fourth-order valence-corrected chi connectivity index (χ4v) is 11.0. The number of carbonyl (C=O) groups is 2. The number of aromatic carboxylic acids is 2. The summed E-state index contributed by atoms with van der Waals surface area (Å²) in [7, 11) is 0. The van der Waals surface area contributed by atoms with Crippen molar-refractivity contribution < 1.29 is 28.8 Å². The lowest BCUT2D eigenvalue weighted by Crippen LogP contribution is -2.50. The first-order valence-electron chi connectivity index (χ1n) is 29.6. The van der Waals surface area contributed by atoms with E-state index in [-0.39, 0.29) is 11.1 Å². The molecule has 2 aromatic carbocycles. The Kier molecular flexibility index (Phi) is 45.1. The van der Waals surface area contributed by atoms with E-state index < -0.39 is 11.9 Å². The van der Waals surface area contributed by atoms with Crippen molar-refractivity contribution in [1.29, 1.82) is 0 Å². The predicted octanol–water partition coefficient (Wildman–Crippen LogP) is 19.5. The molecule has 0 radical (unpaired) electrons. The summed E-state index contributed by atoms with van der Waals surface area (Å²) in [6.45, 7) is 30.4. The summed E-state index contributed by atoms with van der Waals surface area (Å²) in [6, 6.07) is 13.0. The number of carboxylic acids is 2. The van der Waals surface area contributed by atoms with Crippen LogP contribution in [-0.2, 0) is 0 Å². The summed E-state index contributed by atoms with van der Waals surface area (Å²) in [5.74, 6) is -2.06. The molecule has 0 amide bonds. The zero-order chi connectivity index (χ0) is 51.1. The van der Waals surface area contributed by atoms with Gasteiger partial charge in [-0.15, -0.1) is 0 Å². The van der Waals surface area contributed by atoms with Gasteiger partial charge in [0, 0.05) is 9.79 Å². The molecule has 0 aromatic heterocycles. The first-order chi connectivity index (χ1) is 33.6. The van der Waals surface area contributed by atoms with Crippen molar-refractivity contribution in [2.24, 2.45) is 0 Å². The summed E-state index contributed by atoms with van der Waals surface area (Å²) in [5, 5.41) is 18.2. The maximum atomic E-state index is 11.1. The maximum Gasteiger partial charge on any atom is 0.336 e. The molecule has 0 bridgehead atoms. The summed E-state index contributed by atoms with van der Waals surface area (Å²) in [4.78, 5) is 23.2. The number of hydrogen-bond donors (Lipinski definition) is 2. The highest BCUT2D eigenvalue weighted by Crippen LogP contribution is 2.33. The van der Waals surface area contributed by atoms with Crippen LogP contribution in [0.1, 0.15) is 282 Å². The average Bonchev–Trinajstić information content (AvgIpc) is 3.35. The third kappa shape index (κ3) is 34.6. The first-order valence-corrected chi connectivity index (χ1v) is 30.4. The van der Waals surface area contributed by atoms with Gasteiger partial charge in [-0.05, 0) is 127 Å². The van der Waals surface area contributed by atoms with E-state index in [0.717, 1.165) is 11.8 Å². The summed E-state index contributed by atoms with van der Waals surface area (Å²) >= 11 is 1.14. The molecule has 400 valence electrons. The largest absolute Gasteiger partial charge is 0.478 e. The fourth-order valence-electron chi connectivity index (χ4n) is 9.92. The summed E-state index contributed by atoms with van der Waals surface area (Å²) in [5.41, 5.74) is 0.320. The van der Waals surface area contributed by atoms with Crippen LogP contribution in [0.3, 0.4) is 0 Å². The third-order valence-corrected chi connectivity index (χ3v) is 15.5. The fraction of sp³-hybridized carbons (Fsp3) is 0.774. The minimum absolute atomic E-state index is 0.160. The van der Waals surface area contributed by atoms with Crippen molar-refractivity contribution in [1.82, 2.24) is 0 Å². The molecule has 0 aliphatic rings. The van der Waals surface area contributed by atoms with Crippen molar-refractivity contribution >= 4 is 23.7 Å². The summed E-state index contributed by atoms with van der Waals surface area (Å²) in [6.07, 6.45) is 45.7. The Balaban J connectivity index is 0.00000101. The van der Waals surface area contributed by atoms with Gasteiger partial charge in [-0.1, -0.05) is 194 Å². The number of unbranched alkanes of at least 4 members (excludes halogenated alkanes) is 24. The molecule has 0 saturated carbocycles. The monoisotopic (exact) mass is 983 g/mol. The SMILES string of the molecule is CCCCCC[N+](CCCCCC)(CCCCCC)CCCCCC.CCCCCC[N+](CCCCCC)(CCCCCC)CCCCCC.O=C(O)c1ccccc1Sc1ccccc1C(=O)O. The average molecular weight is 984 g/mol. The molecule has 0 unspecified atom stereocenters. The molecular formula is C62H114N2O4S+2. The molecule has 0 spiro atoms. The number of benzene rings is 2. The quantitative estimate of drug-likeness (QED) is 0.0511. The van der Waals surface area contributed by atoms with Crippen molar-refractivity contribution in [2.75, 3.05) is 52.4 Å². The number of nitrogens with zero attached hydrogens (tertiary/aromatic N) is 2. The van der Waals surface area contributed by atoms with Crippen molar-refractivity contribution in [3.8, 4) is 0 Å². The summed E-state index contributed by atoms with van der Waals surface area (Å²) < 4.78 is 2.92. The minimum Gasteiger partial charge on any atom is -0.478 e. The second-order valence-electron chi connectivity index (χ2n) is 20.7. The van der Waals surface area contributed by atoms with Gasteiger partial charge in [-0.25, -0.2) is 9.59 Å².